The molecule has 0 saturated carbocycles. The van der Waals surface area contributed by atoms with Gasteiger partial charge in [-0.05, 0) is 19.4 Å². The van der Waals surface area contributed by atoms with Crippen LogP contribution in [0.1, 0.15) is 33.3 Å². The zero-order valence-electron chi connectivity index (χ0n) is 13.0. The lowest BCUT2D eigenvalue weighted by Gasteiger charge is -2.30. The molecule has 4 nitrogen and oxygen atoms in total. The number of sulfonamides is 1. The number of benzene rings is 1. The molecule has 0 aliphatic heterocycles. The molecule has 0 heterocycles. The predicted molar refractivity (Wildman–Crippen MR) is 84.4 cm³/mol. The highest BCUT2D eigenvalue weighted by atomic mass is 32.2. The van der Waals surface area contributed by atoms with Crippen LogP contribution in [0.3, 0.4) is 0 Å². The fourth-order valence-electron chi connectivity index (χ4n) is 2.22. The zero-order chi connectivity index (χ0) is 15.4. The zero-order valence-corrected chi connectivity index (χ0v) is 13.8. The maximum Gasteiger partial charge on any atom is 0.209 e. The Labute approximate surface area is 123 Å². The summed E-state index contributed by atoms with van der Waals surface area (Å²) in [5.41, 5.74) is 0.768. The molecular weight excluding hydrogens is 272 g/mol. The van der Waals surface area contributed by atoms with Gasteiger partial charge in [-0.3, -0.25) is 0 Å². The van der Waals surface area contributed by atoms with E-state index in [9.17, 15) is 8.42 Å². The SMILES string of the molecule is CC(C)(CNCC(C)(C)c1ccccc1)NS(C)(=O)=O. The Hall–Kier alpha value is -0.910. The molecule has 20 heavy (non-hydrogen) atoms. The summed E-state index contributed by atoms with van der Waals surface area (Å²) in [4.78, 5) is 0. The smallest absolute Gasteiger partial charge is 0.209 e. The van der Waals surface area contributed by atoms with Gasteiger partial charge in [0.1, 0.15) is 0 Å². The van der Waals surface area contributed by atoms with Gasteiger partial charge >= 0.3 is 0 Å². The maximum absolute atomic E-state index is 11.3. The van der Waals surface area contributed by atoms with Crippen LogP contribution in [0.4, 0.5) is 0 Å². The van der Waals surface area contributed by atoms with Gasteiger partial charge < -0.3 is 5.32 Å². The molecule has 0 unspecified atom stereocenters. The van der Waals surface area contributed by atoms with Crippen molar-refractivity contribution in [3.05, 3.63) is 35.9 Å². The van der Waals surface area contributed by atoms with Gasteiger partial charge in [0.2, 0.25) is 10.0 Å². The highest BCUT2D eigenvalue weighted by Gasteiger charge is 2.24. The van der Waals surface area contributed by atoms with Crippen LogP contribution in [0.2, 0.25) is 0 Å². The largest absolute Gasteiger partial charge is 0.314 e. The second kappa shape index (κ2) is 6.24. The third kappa shape index (κ3) is 6.03. The van der Waals surface area contributed by atoms with E-state index in [-0.39, 0.29) is 5.41 Å². The molecule has 114 valence electrons. The minimum absolute atomic E-state index is 0.00241. The molecular formula is C15H26N2O2S. The van der Waals surface area contributed by atoms with Crippen LogP contribution >= 0.6 is 0 Å². The van der Waals surface area contributed by atoms with E-state index in [2.05, 4.69) is 36.0 Å². The molecule has 0 amide bonds. The molecule has 2 N–H and O–H groups in total. The normalized spacial score (nSPS) is 13.4. The number of rotatable bonds is 7. The third-order valence-electron chi connectivity index (χ3n) is 3.15. The molecule has 5 heteroatoms. The number of nitrogens with one attached hydrogen (secondary N) is 2. The molecule has 0 fully saturated rings. The van der Waals surface area contributed by atoms with E-state index in [1.807, 2.05) is 32.0 Å². The minimum atomic E-state index is -3.19. The molecule has 0 aliphatic rings. The summed E-state index contributed by atoms with van der Waals surface area (Å²) in [7, 11) is -3.19. The van der Waals surface area contributed by atoms with Crippen molar-refractivity contribution in [3.63, 3.8) is 0 Å². The molecule has 1 aromatic rings. The molecule has 0 spiro atoms. The molecule has 0 saturated heterocycles. The first-order chi connectivity index (χ1) is 9.02. The van der Waals surface area contributed by atoms with Crippen LogP contribution in [0.25, 0.3) is 0 Å². The molecule has 1 rings (SSSR count). The Balaban J connectivity index is 2.56. The number of hydrogen-bond donors (Lipinski definition) is 2. The highest BCUT2D eigenvalue weighted by Crippen LogP contribution is 2.21. The summed E-state index contributed by atoms with van der Waals surface area (Å²) < 4.78 is 25.2. The molecule has 0 aromatic heterocycles. The lowest BCUT2D eigenvalue weighted by Crippen LogP contribution is -2.51. The van der Waals surface area contributed by atoms with E-state index in [0.29, 0.717) is 6.54 Å². The monoisotopic (exact) mass is 298 g/mol. The van der Waals surface area contributed by atoms with Crippen molar-refractivity contribution in [2.75, 3.05) is 19.3 Å². The maximum atomic E-state index is 11.3. The van der Waals surface area contributed by atoms with E-state index in [0.717, 1.165) is 6.54 Å². The lowest BCUT2D eigenvalue weighted by atomic mass is 9.84. The van der Waals surface area contributed by atoms with Gasteiger partial charge in [-0.2, -0.15) is 0 Å². The van der Waals surface area contributed by atoms with Crippen molar-refractivity contribution in [1.82, 2.24) is 10.0 Å². The second-order valence-electron chi connectivity index (χ2n) is 6.61. The Morgan fingerprint density at radius 1 is 1.00 bits per heavy atom. The summed E-state index contributed by atoms with van der Waals surface area (Å²) in [5, 5.41) is 3.36. The molecule has 1 aromatic carbocycles. The van der Waals surface area contributed by atoms with Crippen LogP contribution in [0.15, 0.2) is 30.3 Å². The van der Waals surface area contributed by atoms with Gasteiger partial charge in [-0.15, -0.1) is 0 Å². The average molecular weight is 298 g/mol. The summed E-state index contributed by atoms with van der Waals surface area (Å²) >= 11 is 0. The Morgan fingerprint density at radius 3 is 2.05 bits per heavy atom. The Bertz CT molecular complexity index is 522. The standard InChI is InChI=1S/C15H26N2O2S/c1-14(2,13-9-7-6-8-10-13)11-16-12-15(3,4)17-20(5,18)19/h6-10,16-17H,11-12H2,1-5H3. The van der Waals surface area contributed by atoms with Crippen molar-refractivity contribution in [1.29, 1.82) is 0 Å². The molecule has 0 radical (unpaired) electrons. The van der Waals surface area contributed by atoms with Gasteiger partial charge in [0.05, 0.1) is 6.26 Å². The fraction of sp³-hybridized carbons (Fsp3) is 0.600. The van der Waals surface area contributed by atoms with Crippen LogP contribution in [0.5, 0.6) is 0 Å². The van der Waals surface area contributed by atoms with Gasteiger partial charge in [0.15, 0.2) is 0 Å². The summed E-state index contributed by atoms with van der Waals surface area (Å²) in [6, 6.07) is 10.3. The van der Waals surface area contributed by atoms with Crippen LogP contribution in [-0.2, 0) is 15.4 Å². The van der Waals surface area contributed by atoms with Crippen molar-refractivity contribution in [2.24, 2.45) is 0 Å². The van der Waals surface area contributed by atoms with Crippen LogP contribution < -0.4 is 10.0 Å². The van der Waals surface area contributed by atoms with E-state index >= 15 is 0 Å². The van der Waals surface area contributed by atoms with Crippen molar-refractivity contribution in [3.8, 4) is 0 Å². The van der Waals surface area contributed by atoms with E-state index in [4.69, 9.17) is 0 Å². The molecule has 0 bridgehead atoms. The Kier molecular flexibility index (Phi) is 5.35. The molecule has 0 atom stereocenters. The average Bonchev–Trinajstić information content (AvgIpc) is 2.26. The van der Waals surface area contributed by atoms with Gasteiger partial charge in [0.25, 0.3) is 0 Å². The topological polar surface area (TPSA) is 58.2 Å². The van der Waals surface area contributed by atoms with Crippen molar-refractivity contribution < 1.29 is 8.42 Å². The van der Waals surface area contributed by atoms with Gasteiger partial charge in [0, 0.05) is 24.0 Å². The van der Waals surface area contributed by atoms with Crippen molar-refractivity contribution in [2.45, 2.75) is 38.6 Å². The summed E-state index contributed by atoms with van der Waals surface area (Å²) in [5.74, 6) is 0. The molecule has 0 aliphatic carbocycles. The van der Waals surface area contributed by atoms with E-state index < -0.39 is 15.6 Å². The van der Waals surface area contributed by atoms with Crippen LogP contribution in [-0.4, -0.2) is 33.3 Å². The fourth-order valence-corrected chi connectivity index (χ4v) is 3.29. The third-order valence-corrected chi connectivity index (χ3v) is 4.07. The summed E-state index contributed by atoms with van der Waals surface area (Å²) in [6.45, 7) is 9.45. The van der Waals surface area contributed by atoms with Gasteiger partial charge in [-0.1, -0.05) is 44.2 Å². The number of hydrogen-bond acceptors (Lipinski definition) is 3. The quantitative estimate of drug-likeness (QED) is 0.808. The first-order valence-corrected chi connectivity index (χ1v) is 8.66. The first kappa shape index (κ1) is 17.1. The second-order valence-corrected chi connectivity index (χ2v) is 8.36. The minimum Gasteiger partial charge on any atom is -0.314 e. The predicted octanol–water partition coefficient (Wildman–Crippen LogP) is 1.88. The first-order valence-electron chi connectivity index (χ1n) is 6.77. The van der Waals surface area contributed by atoms with Gasteiger partial charge in [-0.25, -0.2) is 13.1 Å². The van der Waals surface area contributed by atoms with Crippen LogP contribution in [0, 0.1) is 0 Å². The Morgan fingerprint density at radius 2 is 1.55 bits per heavy atom. The highest BCUT2D eigenvalue weighted by molar-refractivity contribution is 7.88. The summed E-state index contributed by atoms with van der Waals surface area (Å²) in [6.07, 6.45) is 1.18. The van der Waals surface area contributed by atoms with Crippen molar-refractivity contribution >= 4 is 10.0 Å². The lowest BCUT2D eigenvalue weighted by molar-refractivity contribution is 0.387. The van der Waals surface area contributed by atoms with E-state index in [1.165, 1.54) is 11.8 Å². The van der Waals surface area contributed by atoms with E-state index in [1.54, 1.807) is 0 Å².